The second-order valence-electron chi connectivity index (χ2n) is 5.17. The Bertz CT molecular complexity index is 306. The number of thiophene rings is 1. The van der Waals surface area contributed by atoms with E-state index in [9.17, 15) is 0 Å². The normalized spacial score (nSPS) is 21.3. The highest BCUT2D eigenvalue weighted by atomic mass is 32.1. The van der Waals surface area contributed by atoms with Gasteiger partial charge in [-0.3, -0.25) is 0 Å². The number of rotatable bonds is 8. The summed E-state index contributed by atoms with van der Waals surface area (Å²) in [5, 5.41) is 5.62. The molecule has 1 fully saturated rings. The van der Waals surface area contributed by atoms with Crippen molar-refractivity contribution >= 4 is 11.3 Å². The Kier molecular flexibility index (Phi) is 6.18. The summed E-state index contributed by atoms with van der Waals surface area (Å²) in [6.07, 6.45) is 9.35. The molecule has 1 aliphatic heterocycles. The highest BCUT2D eigenvalue weighted by Gasteiger charge is 2.17. The minimum Gasteiger partial charge on any atom is -0.378 e. The zero-order chi connectivity index (χ0) is 12.6. The van der Waals surface area contributed by atoms with Crippen LogP contribution in [0.4, 0.5) is 0 Å². The first-order valence-corrected chi connectivity index (χ1v) is 8.07. The van der Waals surface area contributed by atoms with Crippen LogP contribution in [0, 0.1) is 0 Å². The van der Waals surface area contributed by atoms with Gasteiger partial charge in [-0.1, -0.05) is 6.07 Å². The van der Waals surface area contributed by atoms with Crippen molar-refractivity contribution in [2.45, 2.75) is 57.1 Å². The molecule has 1 aliphatic rings. The standard InChI is InChI=1S/C15H25NOS/c1-16-13(9-10-14-6-3-11-17-14)5-2-7-15-8-4-12-18-15/h4,8,12-14,16H,2-3,5-7,9-11H2,1H3. The number of nitrogens with one attached hydrogen (secondary N) is 1. The molecule has 0 amide bonds. The van der Waals surface area contributed by atoms with Crippen LogP contribution in [0.3, 0.4) is 0 Å². The summed E-state index contributed by atoms with van der Waals surface area (Å²) in [7, 11) is 2.09. The average molecular weight is 267 g/mol. The zero-order valence-corrected chi connectivity index (χ0v) is 12.2. The maximum Gasteiger partial charge on any atom is 0.0576 e. The fourth-order valence-electron chi connectivity index (χ4n) is 2.67. The SMILES string of the molecule is CNC(CCCc1cccs1)CCC1CCCO1. The lowest BCUT2D eigenvalue weighted by molar-refractivity contribution is 0.0995. The zero-order valence-electron chi connectivity index (χ0n) is 11.4. The molecule has 2 unspecified atom stereocenters. The first kappa shape index (κ1) is 14.0. The van der Waals surface area contributed by atoms with Gasteiger partial charge in [0, 0.05) is 17.5 Å². The van der Waals surface area contributed by atoms with Gasteiger partial charge in [0.25, 0.3) is 0 Å². The van der Waals surface area contributed by atoms with Crippen LogP contribution in [0.25, 0.3) is 0 Å². The fraction of sp³-hybridized carbons (Fsp3) is 0.733. The van der Waals surface area contributed by atoms with Crippen molar-refractivity contribution in [1.29, 1.82) is 0 Å². The summed E-state index contributed by atoms with van der Waals surface area (Å²) in [4.78, 5) is 1.52. The lowest BCUT2D eigenvalue weighted by Gasteiger charge is -2.18. The van der Waals surface area contributed by atoms with Crippen molar-refractivity contribution in [3.8, 4) is 0 Å². The number of hydrogen-bond acceptors (Lipinski definition) is 3. The van der Waals surface area contributed by atoms with Gasteiger partial charge in [-0.05, 0) is 63.4 Å². The maximum atomic E-state index is 5.69. The van der Waals surface area contributed by atoms with Gasteiger partial charge in [-0.25, -0.2) is 0 Å². The lowest BCUT2D eigenvalue weighted by Crippen LogP contribution is -2.26. The van der Waals surface area contributed by atoms with Crippen LogP contribution in [-0.4, -0.2) is 25.8 Å². The van der Waals surface area contributed by atoms with Gasteiger partial charge >= 0.3 is 0 Å². The summed E-state index contributed by atoms with van der Waals surface area (Å²) in [5.41, 5.74) is 0. The molecule has 1 aromatic heterocycles. The summed E-state index contributed by atoms with van der Waals surface area (Å²) < 4.78 is 5.69. The molecule has 102 valence electrons. The summed E-state index contributed by atoms with van der Waals surface area (Å²) >= 11 is 1.88. The fourth-order valence-corrected chi connectivity index (χ4v) is 3.42. The summed E-state index contributed by atoms with van der Waals surface area (Å²) in [6.45, 7) is 0.979. The molecule has 1 saturated heterocycles. The maximum absolute atomic E-state index is 5.69. The quantitative estimate of drug-likeness (QED) is 0.777. The minimum absolute atomic E-state index is 0.540. The minimum atomic E-state index is 0.540. The van der Waals surface area contributed by atoms with E-state index in [-0.39, 0.29) is 0 Å². The predicted molar refractivity (Wildman–Crippen MR) is 78.3 cm³/mol. The smallest absolute Gasteiger partial charge is 0.0576 e. The molecule has 0 bridgehead atoms. The molecule has 2 nitrogen and oxygen atoms in total. The van der Waals surface area contributed by atoms with Gasteiger partial charge in [0.05, 0.1) is 6.10 Å². The topological polar surface area (TPSA) is 21.3 Å². The third-order valence-electron chi connectivity index (χ3n) is 3.83. The summed E-state index contributed by atoms with van der Waals surface area (Å²) in [5.74, 6) is 0. The van der Waals surface area contributed by atoms with Crippen LogP contribution in [-0.2, 0) is 11.2 Å². The predicted octanol–water partition coefficient (Wildman–Crippen LogP) is 3.62. The van der Waals surface area contributed by atoms with Crippen molar-refractivity contribution in [3.63, 3.8) is 0 Å². The Balaban J connectivity index is 1.59. The van der Waals surface area contributed by atoms with E-state index in [0.717, 1.165) is 6.61 Å². The third-order valence-corrected chi connectivity index (χ3v) is 4.76. The van der Waals surface area contributed by atoms with Gasteiger partial charge in [-0.15, -0.1) is 11.3 Å². The van der Waals surface area contributed by atoms with E-state index >= 15 is 0 Å². The van der Waals surface area contributed by atoms with Crippen LogP contribution in [0.2, 0.25) is 0 Å². The third kappa shape index (κ3) is 4.71. The van der Waals surface area contributed by atoms with Crippen LogP contribution in [0.1, 0.15) is 43.4 Å². The molecule has 2 atom stereocenters. The Morgan fingerprint density at radius 3 is 3.11 bits per heavy atom. The van der Waals surface area contributed by atoms with E-state index in [1.165, 1.54) is 49.8 Å². The van der Waals surface area contributed by atoms with Gasteiger partial charge < -0.3 is 10.1 Å². The number of hydrogen-bond donors (Lipinski definition) is 1. The highest BCUT2D eigenvalue weighted by molar-refractivity contribution is 7.09. The molecule has 0 aromatic carbocycles. The Labute approximate surface area is 115 Å². The van der Waals surface area contributed by atoms with E-state index < -0.39 is 0 Å². The van der Waals surface area contributed by atoms with Crippen molar-refractivity contribution in [2.75, 3.05) is 13.7 Å². The molecule has 0 aliphatic carbocycles. The molecule has 3 heteroatoms. The van der Waals surface area contributed by atoms with E-state index in [1.807, 2.05) is 11.3 Å². The monoisotopic (exact) mass is 267 g/mol. The Morgan fingerprint density at radius 1 is 1.50 bits per heavy atom. The molecule has 0 radical (unpaired) electrons. The molecular formula is C15H25NOS. The molecule has 1 aromatic rings. The second-order valence-corrected chi connectivity index (χ2v) is 6.20. The number of aryl methyl sites for hydroxylation is 1. The average Bonchev–Trinajstić information content (AvgIpc) is 3.06. The van der Waals surface area contributed by atoms with Gasteiger partial charge in [0.15, 0.2) is 0 Å². The molecule has 1 N–H and O–H groups in total. The van der Waals surface area contributed by atoms with Crippen molar-refractivity contribution < 1.29 is 4.74 Å². The van der Waals surface area contributed by atoms with E-state index in [1.54, 1.807) is 0 Å². The molecule has 0 saturated carbocycles. The highest BCUT2D eigenvalue weighted by Crippen LogP contribution is 2.19. The van der Waals surface area contributed by atoms with Crippen LogP contribution < -0.4 is 5.32 Å². The van der Waals surface area contributed by atoms with Crippen molar-refractivity contribution in [2.24, 2.45) is 0 Å². The van der Waals surface area contributed by atoms with E-state index in [0.29, 0.717) is 12.1 Å². The van der Waals surface area contributed by atoms with Crippen LogP contribution in [0.15, 0.2) is 17.5 Å². The van der Waals surface area contributed by atoms with Gasteiger partial charge in [0.1, 0.15) is 0 Å². The molecular weight excluding hydrogens is 242 g/mol. The number of ether oxygens (including phenoxy) is 1. The van der Waals surface area contributed by atoms with Crippen molar-refractivity contribution in [3.05, 3.63) is 22.4 Å². The van der Waals surface area contributed by atoms with E-state index in [4.69, 9.17) is 4.74 Å². The van der Waals surface area contributed by atoms with Gasteiger partial charge in [-0.2, -0.15) is 0 Å². The van der Waals surface area contributed by atoms with Crippen molar-refractivity contribution in [1.82, 2.24) is 5.32 Å². The molecule has 0 spiro atoms. The van der Waals surface area contributed by atoms with Crippen LogP contribution in [0.5, 0.6) is 0 Å². The molecule has 2 rings (SSSR count). The Morgan fingerprint density at radius 2 is 2.44 bits per heavy atom. The Hall–Kier alpha value is -0.380. The first-order valence-electron chi connectivity index (χ1n) is 7.19. The molecule has 18 heavy (non-hydrogen) atoms. The lowest BCUT2D eigenvalue weighted by atomic mass is 10.0. The van der Waals surface area contributed by atoms with Gasteiger partial charge in [0.2, 0.25) is 0 Å². The summed E-state index contributed by atoms with van der Waals surface area (Å²) in [6, 6.07) is 5.05. The first-order chi connectivity index (χ1) is 8.88. The van der Waals surface area contributed by atoms with E-state index in [2.05, 4.69) is 29.9 Å². The van der Waals surface area contributed by atoms with Crippen LogP contribution >= 0.6 is 11.3 Å². The molecule has 2 heterocycles. The largest absolute Gasteiger partial charge is 0.378 e. The second kappa shape index (κ2) is 7.93.